The van der Waals surface area contributed by atoms with Crippen LogP contribution in [0.15, 0.2) is 36.4 Å². The van der Waals surface area contributed by atoms with E-state index in [9.17, 15) is 13.6 Å². The number of benzene rings is 2. The molecule has 3 nitrogen and oxygen atoms in total. The van der Waals surface area contributed by atoms with Crippen molar-refractivity contribution in [2.75, 3.05) is 10.6 Å². The van der Waals surface area contributed by atoms with Gasteiger partial charge in [0.05, 0.1) is 5.69 Å². The third-order valence-corrected chi connectivity index (χ3v) is 3.47. The molecule has 0 fully saturated rings. The lowest BCUT2D eigenvalue weighted by molar-refractivity contribution is -0.116. The molecule has 1 amide bonds. The highest BCUT2D eigenvalue weighted by Crippen LogP contribution is 2.17. The number of nitrogens with one attached hydrogen (secondary N) is 2. The maximum atomic E-state index is 13.5. The minimum absolute atomic E-state index is 0.168. The number of carbonyl (C=O) groups excluding carboxylic acids is 1. The van der Waals surface area contributed by atoms with Gasteiger partial charge in [-0.3, -0.25) is 4.79 Å². The van der Waals surface area contributed by atoms with Crippen LogP contribution in [-0.2, 0) is 4.79 Å². The van der Waals surface area contributed by atoms with Gasteiger partial charge in [0.25, 0.3) is 0 Å². The van der Waals surface area contributed by atoms with Gasteiger partial charge in [0.1, 0.15) is 17.7 Å². The first-order chi connectivity index (χ1) is 10.4. The topological polar surface area (TPSA) is 41.1 Å². The van der Waals surface area contributed by atoms with Crippen molar-refractivity contribution in [1.29, 1.82) is 0 Å². The molecule has 0 aromatic heterocycles. The van der Waals surface area contributed by atoms with E-state index in [1.807, 2.05) is 32.0 Å². The molecule has 5 heteroatoms. The number of halogens is 2. The summed E-state index contributed by atoms with van der Waals surface area (Å²) in [5, 5.41) is 5.42. The molecule has 0 aliphatic heterocycles. The molecule has 0 heterocycles. The Hall–Kier alpha value is -2.43. The van der Waals surface area contributed by atoms with Crippen LogP contribution in [0.2, 0.25) is 0 Å². The van der Waals surface area contributed by atoms with E-state index < -0.39 is 23.6 Å². The number of rotatable bonds is 4. The molecule has 0 aliphatic rings. The first-order valence-corrected chi connectivity index (χ1v) is 6.96. The molecule has 1 unspecified atom stereocenters. The number of hydrogen-bond acceptors (Lipinski definition) is 2. The van der Waals surface area contributed by atoms with E-state index in [1.54, 1.807) is 6.92 Å². The van der Waals surface area contributed by atoms with E-state index in [2.05, 4.69) is 10.6 Å². The lowest BCUT2D eigenvalue weighted by atomic mass is 10.1. The Morgan fingerprint density at radius 1 is 1.05 bits per heavy atom. The van der Waals surface area contributed by atoms with Crippen molar-refractivity contribution in [2.45, 2.75) is 26.8 Å². The van der Waals surface area contributed by atoms with Crippen molar-refractivity contribution < 1.29 is 13.6 Å². The van der Waals surface area contributed by atoms with Crippen molar-refractivity contribution in [1.82, 2.24) is 0 Å². The van der Waals surface area contributed by atoms with Crippen LogP contribution in [0.4, 0.5) is 20.2 Å². The molecule has 0 saturated heterocycles. The number of anilines is 2. The number of carbonyl (C=O) groups is 1. The highest BCUT2D eigenvalue weighted by molar-refractivity contribution is 5.96. The van der Waals surface area contributed by atoms with Crippen LogP contribution in [-0.4, -0.2) is 11.9 Å². The smallest absolute Gasteiger partial charge is 0.246 e. The predicted octanol–water partition coefficient (Wildman–Crippen LogP) is 4.02. The third kappa shape index (κ3) is 3.81. The summed E-state index contributed by atoms with van der Waals surface area (Å²) in [6, 6.07) is 8.10. The average Bonchev–Trinajstić information content (AvgIpc) is 2.46. The largest absolute Gasteiger partial charge is 0.374 e. The fourth-order valence-electron chi connectivity index (χ4n) is 1.98. The quantitative estimate of drug-likeness (QED) is 0.895. The van der Waals surface area contributed by atoms with Crippen molar-refractivity contribution >= 4 is 17.3 Å². The van der Waals surface area contributed by atoms with E-state index in [0.717, 1.165) is 35.0 Å². The van der Waals surface area contributed by atoms with Gasteiger partial charge in [-0.2, -0.15) is 0 Å². The molecular weight excluding hydrogens is 286 g/mol. The van der Waals surface area contributed by atoms with Gasteiger partial charge in [-0.05, 0) is 56.2 Å². The first kappa shape index (κ1) is 15.9. The molecule has 0 aliphatic carbocycles. The molecule has 2 aromatic rings. The number of hydrogen-bond donors (Lipinski definition) is 2. The van der Waals surface area contributed by atoms with Gasteiger partial charge in [0.15, 0.2) is 0 Å². The van der Waals surface area contributed by atoms with Gasteiger partial charge in [-0.1, -0.05) is 6.07 Å². The molecule has 2 rings (SSSR count). The maximum absolute atomic E-state index is 13.5. The SMILES string of the molecule is Cc1ccc(NC(C)C(=O)Nc2cc(F)ccc2F)cc1C. The van der Waals surface area contributed by atoms with E-state index in [1.165, 1.54) is 0 Å². The van der Waals surface area contributed by atoms with E-state index >= 15 is 0 Å². The van der Waals surface area contributed by atoms with Crippen LogP contribution in [0.1, 0.15) is 18.1 Å². The van der Waals surface area contributed by atoms with Crippen molar-refractivity contribution in [3.8, 4) is 0 Å². The Bertz CT molecular complexity index is 701. The second kappa shape index (κ2) is 6.56. The second-order valence-corrected chi connectivity index (χ2v) is 5.28. The molecule has 2 aromatic carbocycles. The highest BCUT2D eigenvalue weighted by Gasteiger charge is 2.15. The minimum Gasteiger partial charge on any atom is -0.374 e. The Morgan fingerprint density at radius 3 is 2.45 bits per heavy atom. The Kier molecular flexibility index (Phi) is 4.75. The van der Waals surface area contributed by atoms with E-state index in [4.69, 9.17) is 0 Å². The zero-order valence-corrected chi connectivity index (χ0v) is 12.7. The Morgan fingerprint density at radius 2 is 1.77 bits per heavy atom. The van der Waals surface area contributed by atoms with Gasteiger partial charge in [0, 0.05) is 11.8 Å². The molecule has 0 radical (unpaired) electrons. The highest BCUT2D eigenvalue weighted by atomic mass is 19.1. The fraction of sp³-hybridized carbons (Fsp3) is 0.235. The normalized spacial score (nSPS) is 11.9. The molecular formula is C17H18F2N2O. The van der Waals surface area contributed by atoms with Crippen LogP contribution < -0.4 is 10.6 Å². The van der Waals surface area contributed by atoms with Crippen LogP contribution >= 0.6 is 0 Å². The van der Waals surface area contributed by atoms with E-state index in [-0.39, 0.29) is 5.69 Å². The van der Waals surface area contributed by atoms with Gasteiger partial charge in [-0.25, -0.2) is 8.78 Å². The summed E-state index contributed by atoms with van der Waals surface area (Å²) in [6.07, 6.45) is 0. The molecule has 2 N–H and O–H groups in total. The summed E-state index contributed by atoms with van der Waals surface area (Å²) < 4.78 is 26.6. The van der Waals surface area contributed by atoms with Crippen LogP contribution in [0, 0.1) is 25.5 Å². The monoisotopic (exact) mass is 304 g/mol. The molecule has 0 spiro atoms. The molecule has 1 atom stereocenters. The summed E-state index contributed by atoms with van der Waals surface area (Å²) in [7, 11) is 0. The summed E-state index contributed by atoms with van der Waals surface area (Å²) in [5.41, 5.74) is 2.89. The fourth-order valence-corrected chi connectivity index (χ4v) is 1.98. The Balaban J connectivity index is 2.05. The molecule has 116 valence electrons. The van der Waals surface area contributed by atoms with E-state index in [0.29, 0.717) is 0 Å². The van der Waals surface area contributed by atoms with Gasteiger partial charge in [-0.15, -0.1) is 0 Å². The maximum Gasteiger partial charge on any atom is 0.246 e. The summed E-state index contributed by atoms with van der Waals surface area (Å²) in [5.74, 6) is -1.72. The number of amides is 1. The molecule has 22 heavy (non-hydrogen) atoms. The average molecular weight is 304 g/mol. The minimum atomic E-state index is -0.673. The standard InChI is InChI=1S/C17H18F2N2O/c1-10-4-6-14(8-11(10)2)20-12(3)17(22)21-16-9-13(18)5-7-15(16)19/h4-9,12,20H,1-3H3,(H,21,22). The van der Waals surface area contributed by atoms with Gasteiger partial charge in [0.2, 0.25) is 5.91 Å². The Labute approximate surface area is 128 Å². The predicted molar refractivity (Wildman–Crippen MR) is 84.0 cm³/mol. The summed E-state index contributed by atoms with van der Waals surface area (Å²) in [4.78, 5) is 12.1. The zero-order valence-electron chi connectivity index (χ0n) is 12.7. The lowest BCUT2D eigenvalue weighted by Gasteiger charge is -2.16. The van der Waals surface area contributed by atoms with Crippen molar-refractivity contribution in [2.24, 2.45) is 0 Å². The first-order valence-electron chi connectivity index (χ1n) is 6.96. The number of aryl methyl sites for hydroxylation is 2. The second-order valence-electron chi connectivity index (χ2n) is 5.28. The van der Waals surface area contributed by atoms with Gasteiger partial charge < -0.3 is 10.6 Å². The van der Waals surface area contributed by atoms with Crippen molar-refractivity contribution in [3.05, 3.63) is 59.2 Å². The third-order valence-electron chi connectivity index (χ3n) is 3.47. The van der Waals surface area contributed by atoms with Crippen LogP contribution in [0.5, 0.6) is 0 Å². The van der Waals surface area contributed by atoms with Crippen LogP contribution in [0.3, 0.4) is 0 Å². The summed E-state index contributed by atoms with van der Waals surface area (Å²) in [6.45, 7) is 5.64. The van der Waals surface area contributed by atoms with Gasteiger partial charge >= 0.3 is 0 Å². The van der Waals surface area contributed by atoms with Crippen LogP contribution in [0.25, 0.3) is 0 Å². The summed E-state index contributed by atoms with van der Waals surface area (Å²) >= 11 is 0. The molecule has 0 bridgehead atoms. The zero-order chi connectivity index (χ0) is 16.3. The van der Waals surface area contributed by atoms with Crippen molar-refractivity contribution in [3.63, 3.8) is 0 Å². The molecule has 0 saturated carbocycles. The lowest BCUT2D eigenvalue weighted by Crippen LogP contribution is -2.32.